The zero-order chi connectivity index (χ0) is 37.4. The fraction of sp³-hybridized carbons (Fsp3) is 0.600. The molecule has 2 spiro atoms. The number of aromatic amines is 1. The Morgan fingerprint density at radius 2 is 1.81 bits per heavy atom. The summed E-state index contributed by atoms with van der Waals surface area (Å²) in [6.45, 7) is 7.34. The molecule has 280 valence electrons. The van der Waals surface area contributed by atoms with E-state index in [0.717, 1.165) is 0 Å². The number of sulfone groups is 1. The molecule has 2 aliphatic heterocycles. The highest BCUT2D eigenvalue weighted by Gasteiger charge is 2.88. The van der Waals surface area contributed by atoms with E-state index in [-0.39, 0.29) is 53.5 Å². The Morgan fingerprint density at radius 3 is 2.54 bits per heavy atom. The van der Waals surface area contributed by atoms with E-state index in [1.54, 1.807) is 6.07 Å². The molecule has 17 heteroatoms. The topological polar surface area (TPSA) is 232 Å². The van der Waals surface area contributed by atoms with Gasteiger partial charge in [0.05, 0.1) is 43.0 Å². The number of hydrogen-bond donors (Lipinski definition) is 3. The first-order valence-electron chi connectivity index (χ1n) is 17.3. The highest BCUT2D eigenvalue weighted by atomic mass is 32.2. The van der Waals surface area contributed by atoms with E-state index in [1.165, 1.54) is 24.3 Å². The van der Waals surface area contributed by atoms with Crippen molar-refractivity contribution in [2.24, 2.45) is 34.0 Å². The Bertz CT molecular complexity index is 2010. The van der Waals surface area contributed by atoms with E-state index in [0.29, 0.717) is 19.3 Å². The van der Waals surface area contributed by atoms with Crippen LogP contribution in [-0.4, -0.2) is 85.1 Å². The van der Waals surface area contributed by atoms with Crippen molar-refractivity contribution < 1.29 is 66.0 Å². The van der Waals surface area contributed by atoms with Crippen LogP contribution in [0.25, 0.3) is 0 Å². The Morgan fingerprint density at radius 1 is 1.10 bits per heavy atom. The first-order valence-corrected chi connectivity index (χ1v) is 18.8. The van der Waals surface area contributed by atoms with Gasteiger partial charge in [0.25, 0.3) is 9.84 Å². The molecule has 2 aromatic rings. The summed E-state index contributed by atoms with van der Waals surface area (Å²) in [4.78, 5) is 65.8. The van der Waals surface area contributed by atoms with Crippen LogP contribution in [0, 0.1) is 38.9 Å². The van der Waals surface area contributed by atoms with Crippen LogP contribution in [0.1, 0.15) is 58.8 Å². The Labute approximate surface area is 297 Å². The number of esters is 2. The number of ether oxygens (including phenoxy) is 4. The molecule has 52 heavy (non-hydrogen) atoms. The van der Waals surface area contributed by atoms with Crippen LogP contribution in [0.4, 0.5) is 0 Å². The number of nitrogens with zero attached hydrogens (tertiary/aromatic N) is 1. The lowest BCUT2D eigenvalue weighted by Gasteiger charge is -2.72. The smallest absolute Gasteiger partial charge is 0.404 e. The summed E-state index contributed by atoms with van der Waals surface area (Å²) in [5, 5.41) is 25.4. The van der Waals surface area contributed by atoms with Crippen LogP contribution in [0.3, 0.4) is 0 Å². The fourth-order valence-corrected chi connectivity index (χ4v) is 11.3. The molecule has 6 aliphatic rings. The van der Waals surface area contributed by atoms with Gasteiger partial charge in [-0.1, -0.05) is 43.3 Å². The number of ketones is 2. The summed E-state index contributed by atoms with van der Waals surface area (Å²) >= 11 is 0. The maximum Gasteiger partial charge on any atom is 0.404 e. The predicted molar refractivity (Wildman–Crippen MR) is 172 cm³/mol. The number of nitrogens with one attached hydrogen (secondary N) is 1. The molecule has 16 nitrogen and oxygen atoms in total. The third-order valence-corrected chi connectivity index (χ3v) is 13.8. The minimum Gasteiger partial charge on any atom is -0.466 e. The predicted octanol–water partition coefficient (Wildman–Crippen LogP) is 1.60. The molecule has 3 heterocycles. The van der Waals surface area contributed by atoms with Crippen LogP contribution >= 0.6 is 0 Å². The lowest BCUT2D eigenvalue weighted by Crippen LogP contribution is -2.85. The second-order valence-electron chi connectivity index (χ2n) is 15.1. The number of aromatic nitrogens is 2. The molecule has 4 aliphatic carbocycles. The van der Waals surface area contributed by atoms with E-state index >= 15 is 0 Å². The average Bonchev–Trinajstić information content (AvgIpc) is 3.54. The fourth-order valence-electron chi connectivity index (χ4n) is 9.93. The molecular formula is C35H41N2O14S+. The number of benzene rings is 1. The SMILES string of the molecule is C=C1C(=O)[C@]23[C@H](OC(=O)CCC(=O)OCCCOc4[nH]o[n+](=O)c4S(=O)(=O)c4ccccc4)[C@H]1CC[C@H]2[C@@]12CO[C@@]3(O)[C@@H](O)[C@@H]1C(C)(C)CCC2=O. The summed E-state index contributed by atoms with van der Waals surface area (Å²) in [6.07, 6.45) is -2.17. The third-order valence-electron chi connectivity index (χ3n) is 12.1. The minimum absolute atomic E-state index is 0.0793. The molecule has 8 rings (SSSR count). The molecule has 0 unspecified atom stereocenters. The van der Waals surface area contributed by atoms with Gasteiger partial charge in [-0.3, -0.25) is 19.2 Å². The number of hydrogen-bond acceptors (Lipinski definition) is 14. The van der Waals surface area contributed by atoms with Crippen LogP contribution in [0.2, 0.25) is 0 Å². The first-order chi connectivity index (χ1) is 24.5. The lowest BCUT2D eigenvalue weighted by molar-refractivity contribution is -0.744. The highest BCUT2D eigenvalue weighted by molar-refractivity contribution is 7.91. The number of carbonyl (C=O) groups excluding carboxylic acids is 4. The van der Waals surface area contributed by atoms with Gasteiger partial charge >= 0.3 is 22.8 Å². The largest absolute Gasteiger partial charge is 0.466 e. The molecule has 6 fully saturated rings. The van der Waals surface area contributed by atoms with Crippen molar-refractivity contribution in [1.29, 1.82) is 0 Å². The second kappa shape index (κ2) is 12.5. The third kappa shape index (κ3) is 4.91. The van der Waals surface area contributed by atoms with Gasteiger partial charge in [-0.2, -0.15) is 0 Å². The van der Waals surface area contributed by atoms with Crippen molar-refractivity contribution in [3.63, 3.8) is 0 Å². The van der Waals surface area contributed by atoms with Crippen LogP contribution in [-0.2, 0) is 43.2 Å². The quantitative estimate of drug-likeness (QED) is 0.169. The molecule has 4 saturated carbocycles. The molecule has 2 saturated heterocycles. The van der Waals surface area contributed by atoms with Crippen molar-refractivity contribution >= 4 is 33.3 Å². The lowest BCUT2D eigenvalue weighted by atomic mass is 9.36. The van der Waals surface area contributed by atoms with E-state index in [9.17, 15) is 42.7 Å². The molecule has 4 bridgehead atoms. The number of aliphatic hydroxyl groups is 2. The molecule has 0 amide bonds. The number of fused-ring (bicyclic) bond motifs is 2. The number of Topliss-reactive ketones (excluding diaryl/α,β-unsaturated/α-hetero) is 2. The van der Waals surface area contributed by atoms with Gasteiger partial charge in [-0.15, -0.1) is 0 Å². The molecule has 1 aromatic carbocycles. The standard InChI is InChI=1S/C35H41N2O14S/c1-19-21-10-11-22-33-18-49-35(43,28(42)26(33)32(2,3)15-14-23(33)38)34(22,27(19)41)29(21)50-25(40)13-12-24(39)47-16-7-17-48-30-31(37(44)51-36-30)52(45,46)20-8-5-4-6-9-20/h4-6,8-9,21-22,26,28-29,36,42-43H,1,7,10-18H2,2-3H3/q+1/t21-,22-,26+,28-,29+,33+,34-,35-/m0/s1. The summed E-state index contributed by atoms with van der Waals surface area (Å²) in [7, 11) is -4.28. The van der Waals surface area contributed by atoms with Crippen molar-refractivity contribution in [3.05, 3.63) is 47.4 Å². The first kappa shape index (κ1) is 36.2. The van der Waals surface area contributed by atoms with Crippen molar-refractivity contribution in [3.8, 4) is 5.88 Å². The summed E-state index contributed by atoms with van der Waals surface area (Å²) in [5.74, 6) is -7.33. The zero-order valence-corrected chi connectivity index (χ0v) is 29.5. The maximum absolute atomic E-state index is 14.2. The minimum atomic E-state index is -4.28. The van der Waals surface area contributed by atoms with E-state index in [1.807, 2.05) is 13.8 Å². The van der Waals surface area contributed by atoms with E-state index < -0.39 is 103 Å². The van der Waals surface area contributed by atoms with Gasteiger partial charge in [-0.25, -0.2) is 8.42 Å². The summed E-state index contributed by atoms with van der Waals surface area (Å²) < 4.78 is 52.6. The van der Waals surface area contributed by atoms with Gasteiger partial charge in [0.15, 0.2) is 5.78 Å². The van der Waals surface area contributed by atoms with Crippen molar-refractivity contribution in [2.75, 3.05) is 19.8 Å². The molecule has 0 radical (unpaired) electrons. The van der Waals surface area contributed by atoms with E-state index in [2.05, 4.69) is 16.4 Å². The number of rotatable bonds is 11. The van der Waals surface area contributed by atoms with Gasteiger partial charge < -0.3 is 29.2 Å². The zero-order valence-electron chi connectivity index (χ0n) is 28.7. The Balaban J connectivity index is 0.974. The van der Waals surface area contributed by atoms with Crippen molar-refractivity contribution in [1.82, 2.24) is 5.16 Å². The maximum atomic E-state index is 14.2. The summed E-state index contributed by atoms with van der Waals surface area (Å²) in [5.41, 5.74) is -3.63. The monoisotopic (exact) mass is 745 g/mol. The van der Waals surface area contributed by atoms with Crippen molar-refractivity contribution in [2.45, 2.75) is 86.7 Å². The Hall–Kier alpha value is -4.19. The van der Waals surface area contributed by atoms with Gasteiger partial charge in [-0.05, 0) is 58.4 Å². The molecule has 8 atom stereocenters. The Kier molecular flexibility index (Phi) is 8.67. The van der Waals surface area contributed by atoms with E-state index in [4.69, 9.17) is 18.9 Å². The van der Waals surface area contributed by atoms with Gasteiger partial charge in [0, 0.05) is 24.7 Å². The van der Waals surface area contributed by atoms with Gasteiger partial charge in [0.2, 0.25) is 10.4 Å². The molecular weight excluding hydrogens is 704 g/mol. The number of aliphatic hydroxyl groups excluding tert-OH is 1. The highest BCUT2D eigenvalue weighted by Crippen LogP contribution is 2.76. The van der Waals surface area contributed by atoms with Crippen LogP contribution in [0.5, 0.6) is 5.88 Å². The number of H-pyrrole nitrogens is 1. The summed E-state index contributed by atoms with van der Waals surface area (Å²) in [6, 6.07) is 7.22. The average molecular weight is 746 g/mol. The molecule has 3 N–H and O–H groups in total. The van der Waals surface area contributed by atoms with Crippen LogP contribution in [0.15, 0.2) is 57.0 Å². The second-order valence-corrected chi connectivity index (χ2v) is 16.9. The molecule has 1 aromatic heterocycles. The number of carbonyl (C=O) groups is 4. The normalized spacial score (nSPS) is 34.4. The van der Waals surface area contributed by atoms with Gasteiger partial charge in [0.1, 0.15) is 23.4 Å². The van der Waals surface area contributed by atoms with Crippen LogP contribution < -0.4 is 9.34 Å².